The molecule has 12 heavy (non-hydrogen) atoms. The second-order valence-corrected chi connectivity index (χ2v) is 4.30. The summed E-state index contributed by atoms with van der Waals surface area (Å²) >= 11 is 1.67. The molecule has 4 heteroatoms. The molecule has 0 bridgehead atoms. The maximum Gasteiger partial charge on any atom is 0.235 e. The summed E-state index contributed by atoms with van der Waals surface area (Å²) in [5.74, 6) is 1.14. The molecule has 1 atom stereocenters. The summed E-state index contributed by atoms with van der Waals surface area (Å²) in [5.41, 5.74) is 0. The fourth-order valence-corrected chi connectivity index (χ4v) is 2.41. The van der Waals surface area contributed by atoms with Crippen molar-refractivity contribution < 1.29 is 9.90 Å². The first-order valence-corrected chi connectivity index (χ1v) is 5.28. The van der Waals surface area contributed by atoms with Crippen LogP contribution >= 0.6 is 11.8 Å². The predicted octanol–water partition coefficient (Wildman–Crippen LogP) is 0.333. The van der Waals surface area contributed by atoms with E-state index in [0.29, 0.717) is 0 Å². The molecule has 3 nitrogen and oxygen atoms in total. The Bertz CT molecular complexity index is 163. The van der Waals surface area contributed by atoms with Gasteiger partial charge in [-0.2, -0.15) is 0 Å². The molecule has 0 aromatic carbocycles. The Morgan fingerprint density at radius 3 is 3.00 bits per heavy atom. The van der Waals surface area contributed by atoms with Gasteiger partial charge in [0.25, 0.3) is 0 Å². The number of nitrogens with zero attached hydrogens (tertiary/aromatic N) is 1. The summed E-state index contributed by atoms with van der Waals surface area (Å²) < 4.78 is 0. The van der Waals surface area contributed by atoms with E-state index >= 15 is 0 Å². The van der Waals surface area contributed by atoms with Crippen LogP contribution in [-0.2, 0) is 4.79 Å². The molecule has 1 fully saturated rings. The molecule has 70 valence electrons. The molecule has 1 aliphatic heterocycles. The summed E-state index contributed by atoms with van der Waals surface area (Å²) in [6.07, 6.45) is 1.75. The fraction of sp³-hybridized carbons (Fsp3) is 0.875. The summed E-state index contributed by atoms with van der Waals surface area (Å²) in [4.78, 5) is 13.1. The van der Waals surface area contributed by atoms with Crippen LogP contribution in [0.3, 0.4) is 0 Å². The zero-order valence-corrected chi connectivity index (χ0v) is 8.14. The normalized spacial score (nSPS) is 23.7. The molecular formula is C8H15NO2S. The number of likely N-dealkylation sites (tertiary alicyclic amines) is 1. The van der Waals surface area contributed by atoms with Crippen molar-refractivity contribution in [3.63, 3.8) is 0 Å². The number of rotatable bonds is 4. The maximum atomic E-state index is 11.3. The lowest BCUT2D eigenvalue weighted by Gasteiger charge is -2.08. The van der Waals surface area contributed by atoms with E-state index < -0.39 is 0 Å². The van der Waals surface area contributed by atoms with E-state index in [-0.39, 0.29) is 17.8 Å². The van der Waals surface area contributed by atoms with Crippen molar-refractivity contribution in [3.05, 3.63) is 0 Å². The van der Waals surface area contributed by atoms with Gasteiger partial charge in [0.05, 0.1) is 5.25 Å². The van der Waals surface area contributed by atoms with Gasteiger partial charge in [0.2, 0.25) is 5.91 Å². The second-order valence-electron chi connectivity index (χ2n) is 2.99. The standard InChI is InChI=1S/C8H15NO2S/c1-9-4-3-7(8(9)11)12-6-2-5-10/h7,10H,2-6H2,1H3. The van der Waals surface area contributed by atoms with E-state index in [2.05, 4.69) is 0 Å². The van der Waals surface area contributed by atoms with Crippen molar-refractivity contribution in [2.24, 2.45) is 0 Å². The van der Waals surface area contributed by atoms with Crippen molar-refractivity contribution in [2.45, 2.75) is 18.1 Å². The van der Waals surface area contributed by atoms with Gasteiger partial charge in [-0.1, -0.05) is 0 Å². The zero-order chi connectivity index (χ0) is 8.97. The Morgan fingerprint density at radius 1 is 1.75 bits per heavy atom. The minimum atomic E-state index is 0.154. The molecule has 1 saturated heterocycles. The second kappa shape index (κ2) is 4.72. The van der Waals surface area contributed by atoms with Crippen molar-refractivity contribution in [3.8, 4) is 0 Å². The molecule has 1 aliphatic rings. The number of carbonyl (C=O) groups excluding carboxylic acids is 1. The van der Waals surface area contributed by atoms with Crippen LogP contribution < -0.4 is 0 Å². The van der Waals surface area contributed by atoms with Crippen molar-refractivity contribution >= 4 is 17.7 Å². The number of hydrogen-bond acceptors (Lipinski definition) is 3. The van der Waals surface area contributed by atoms with Gasteiger partial charge in [-0.15, -0.1) is 11.8 Å². The molecule has 1 unspecified atom stereocenters. The largest absolute Gasteiger partial charge is 0.396 e. The Balaban J connectivity index is 2.20. The number of aliphatic hydroxyl groups excluding tert-OH is 1. The zero-order valence-electron chi connectivity index (χ0n) is 7.32. The third-order valence-corrected chi connectivity index (χ3v) is 3.36. The quantitative estimate of drug-likeness (QED) is 0.648. The minimum absolute atomic E-state index is 0.154. The van der Waals surface area contributed by atoms with Gasteiger partial charge in [0, 0.05) is 20.2 Å². The number of aliphatic hydroxyl groups is 1. The van der Waals surface area contributed by atoms with Gasteiger partial charge in [0.15, 0.2) is 0 Å². The van der Waals surface area contributed by atoms with E-state index in [1.54, 1.807) is 16.7 Å². The van der Waals surface area contributed by atoms with Crippen molar-refractivity contribution in [2.75, 3.05) is 26.0 Å². The van der Waals surface area contributed by atoms with Gasteiger partial charge in [-0.05, 0) is 18.6 Å². The third kappa shape index (κ3) is 2.38. The lowest BCUT2D eigenvalue weighted by molar-refractivity contribution is -0.126. The monoisotopic (exact) mass is 189 g/mol. The molecule has 0 aromatic rings. The number of amides is 1. The highest BCUT2D eigenvalue weighted by atomic mass is 32.2. The summed E-state index contributed by atoms with van der Waals surface area (Å²) in [5, 5.41) is 8.70. The minimum Gasteiger partial charge on any atom is -0.396 e. The molecule has 0 aromatic heterocycles. The van der Waals surface area contributed by atoms with E-state index in [4.69, 9.17) is 5.11 Å². The van der Waals surface area contributed by atoms with E-state index in [0.717, 1.165) is 25.1 Å². The van der Waals surface area contributed by atoms with E-state index in [9.17, 15) is 4.79 Å². The van der Waals surface area contributed by atoms with Crippen LogP contribution in [-0.4, -0.2) is 47.1 Å². The number of carbonyl (C=O) groups is 1. The van der Waals surface area contributed by atoms with E-state index in [1.807, 2.05) is 7.05 Å². The van der Waals surface area contributed by atoms with Crippen LogP contribution in [0.25, 0.3) is 0 Å². The average Bonchev–Trinajstić information content (AvgIpc) is 2.36. The van der Waals surface area contributed by atoms with Gasteiger partial charge < -0.3 is 10.0 Å². The Hall–Kier alpha value is -0.220. The molecule has 1 rings (SSSR count). The lowest BCUT2D eigenvalue weighted by Crippen LogP contribution is -2.23. The van der Waals surface area contributed by atoms with Crippen molar-refractivity contribution in [1.82, 2.24) is 4.90 Å². The summed E-state index contributed by atoms with van der Waals surface area (Å²) in [7, 11) is 1.84. The van der Waals surface area contributed by atoms with Gasteiger partial charge in [-0.3, -0.25) is 4.79 Å². The van der Waals surface area contributed by atoms with Crippen LogP contribution in [0, 0.1) is 0 Å². The van der Waals surface area contributed by atoms with Crippen molar-refractivity contribution in [1.29, 1.82) is 0 Å². The third-order valence-electron chi connectivity index (χ3n) is 2.00. The van der Waals surface area contributed by atoms with Crippen LogP contribution in [0.15, 0.2) is 0 Å². The molecule has 0 saturated carbocycles. The molecule has 0 spiro atoms. The topological polar surface area (TPSA) is 40.5 Å². The first-order chi connectivity index (χ1) is 5.75. The Morgan fingerprint density at radius 2 is 2.50 bits per heavy atom. The highest BCUT2D eigenvalue weighted by molar-refractivity contribution is 8.00. The first-order valence-electron chi connectivity index (χ1n) is 4.23. The van der Waals surface area contributed by atoms with Gasteiger partial charge >= 0.3 is 0 Å². The highest BCUT2D eigenvalue weighted by Gasteiger charge is 2.28. The Labute approximate surface area is 77.1 Å². The number of hydrogen-bond donors (Lipinski definition) is 1. The predicted molar refractivity (Wildman–Crippen MR) is 50.2 cm³/mol. The van der Waals surface area contributed by atoms with Crippen LogP contribution in [0.2, 0.25) is 0 Å². The fourth-order valence-electron chi connectivity index (χ4n) is 1.24. The molecule has 1 N–H and O–H groups in total. The number of thioether (sulfide) groups is 1. The molecule has 1 heterocycles. The smallest absolute Gasteiger partial charge is 0.235 e. The maximum absolute atomic E-state index is 11.3. The molecule has 1 amide bonds. The summed E-state index contributed by atoms with van der Waals surface area (Å²) in [6, 6.07) is 0. The highest BCUT2D eigenvalue weighted by Crippen LogP contribution is 2.23. The first kappa shape index (κ1) is 9.86. The van der Waals surface area contributed by atoms with Crippen LogP contribution in [0.4, 0.5) is 0 Å². The van der Waals surface area contributed by atoms with Gasteiger partial charge in [0.1, 0.15) is 0 Å². The van der Waals surface area contributed by atoms with E-state index in [1.165, 1.54) is 0 Å². The van der Waals surface area contributed by atoms with Crippen LogP contribution in [0.5, 0.6) is 0 Å². The Kier molecular flexibility index (Phi) is 3.88. The molecular weight excluding hydrogens is 174 g/mol. The summed E-state index contributed by atoms with van der Waals surface area (Å²) in [6.45, 7) is 1.11. The lowest BCUT2D eigenvalue weighted by atomic mass is 10.4. The SMILES string of the molecule is CN1CCC(SCCCO)C1=O. The van der Waals surface area contributed by atoms with Crippen LogP contribution in [0.1, 0.15) is 12.8 Å². The molecule has 0 aliphatic carbocycles. The molecule has 0 radical (unpaired) electrons. The van der Waals surface area contributed by atoms with Gasteiger partial charge in [-0.25, -0.2) is 0 Å². The average molecular weight is 189 g/mol.